The molecule has 10 aromatic carbocycles. The summed E-state index contributed by atoms with van der Waals surface area (Å²) in [5.41, 5.74) is 14.6. The Kier molecular flexibility index (Phi) is 9.83. The predicted molar refractivity (Wildman–Crippen MR) is 270 cm³/mol. The number of aryl methyl sites for hydroxylation is 4. The monoisotopic (exact) mass is 802 g/mol. The van der Waals surface area contributed by atoms with Gasteiger partial charge >= 0.3 is 0 Å². The van der Waals surface area contributed by atoms with E-state index >= 15 is 0 Å². The second-order valence-corrected chi connectivity index (χ2v) is 18.1. The molecule has 0 saturated heterocycles. The van der Waals surface area contributed by atoms with Gasteiger partial charge in [0.1, 0.15) is 0 Å². The van der Waals surface area contributed by atoms with E-state index in [0.717, 1.165) is 34.1 Å². The molecular weight excluding hydrogens is 749 g/mol. The Balaban J connectivity index is 1.31. The van der Waals surface area contributed by atoms with Crippen LogP contribution in [0.5, 0.6) is 0 Å². The highest BCUT2D eigenvalue weighted by Gasteiger charge is 2.22. The van der Waals surface area contributed by atoms with Crippen molar-refractivity contribution >= 4 is 88.0 Å². The lowest BCUT2D eigenvalue weighted by Gasteiger charge is -2.27. The zero-order valence-corrected chi connectivity index (χ0v) is 37.2. The Morgan fingerprint density at radius 1 is 0.258 bits per heavy atom. The minimum Gasteiger partial charge on any atom is -0.310 e. The van der Waals surface area contributed by atoms with Crippen LogP contribution >= 0.6 is 0 Å². The van der Waals surface area contributed by atoms with Crippen LogP contribution in [0, 0.1) is 27.7 Å². The van der Waals surface area contributed by atoms with Crippen molar-refractivity contribution in [2.75, 3.05) is 9.80 Å². The van der Waals surface area contributed by atoms with Gasteiger partial charge in [0, 0.05) is 34.1 Å². The summed E-state index contributed by atoms with van der Waals surface area (Å²) < 4.78 is 0. The minimum absolute atomic E-state index is 0.393. The summed E-state index contributed by atoms with van der Waals surface area (Å²) in [4.78, 5) is 4.81. The van der Waals surface area contributed by atoms with Crippen LogP contribution in [0.1, 0.15) is 72.9 Å². The first-order valence-corrected chi connectivity index (χ1v) is 22.2. The number of rotatable bonds is 8. The molecule has 0 radical (unpaired) electrons. The van der Waals surface area contributed by atoms with Crippen LogP contribution in [0.25, 0.3) is 53.9 Å². The average molecular weight is 803 g/mol. The minimum atomic E-state index is 0.393. The molecule has 0 unspecified atom stereocenters. The standard InChI is InChI=1S/C60H54N2/c1-37(2)43-17-29-51-55(33-43)57-35-49(61(45-19-9-39(5)10-20-45)46-21-11-40(6)12-22-46)27-31-53(57)60-52-30-18-44(38(3)4)34-56(52)58-36-50(28-32-54(58)59(51)60)62(47-23-13-41(7)14-24-47)48-25-15-42(8)16-26-48/h9-38H,1-8H3. The maximum absolute atomic E-state index is 2.47. The molecule has 0 heterocycles. The number of anilines is 6. The molecule has 0 aliphatic rings. The number of hydrogen-bond acceptors (Lipinski definition) is 2. The number of nitrogens with zero attached hydrogens (tertiary/aromatic N) is 2. The molecule has 10 aromatic rings. The summed E-state index contributed by atoms with van der Waals surface area (Å²) in [6, 6.07) is 64.5. The van der Waals surface area contributed by atoms with Crippen LogP contribution in [0.2, 0.25) is 0 Å². The molecule has 2 nitrogen and oxygen atoms in total. The summed E-state index contributed by atoms with van der Waals surface area (Å²) in [5, 5.41) is 12.9. The second kappa shape index (κ2) is 15.5. The smallest absolute Gasteiger partial charge is 0.0468 e. The van der Waals surface area contributed by atoms with E-state index in [9.17, 15) is 0 Å². The highest BCUT2D eigenvalue weighted by molar-refractivity contribution is 6.40. The van der Waals surface area contributed by atoms with Crippen molar-refractivity contribution in [3.05, 3.63) is 203 Å². The number of hydrogen-bond donors (Lipinski definition) is 0. The normalized spacial score (nSPS) is 11.8. The third-order valence-electron chi connectivity index (χ3n) is 13.0. The molecule has 0 aromatic heterocycles. The molecule has 0 atom stereocenters. The highest BCUT2D eigenvalue weighted by Crippen LogP contribution is 2.48. The fourth-order valence-electron chi connectivity index (χ4n) is 9.45. The molecule has 2 heteroatoms. The third-order valence-corrected chi connectivity index (χ3v) is 13.0. The first-order valence-electron chi connectivity index (χ1n) is 22.2. The van der Waals surface area contributed by atoms with Gasteiger partial charge in [-0.15, -0.1) is 0 Å². The Morgan fingerprint density at radius 3 is 0.774 bits per heavy atom. The third kappa shape index (κ3) is 6.85. The van der Waals surface area contributed by atoms with Gasteiger partial charge in [0.25, 0.3) is 0 Å². The van der Waals surface area contributed by atoms with E-state index in [1.165, 1.54) is 87.2 Å². The van der Waals surface area contributed by atoms with E-state index in [1.54, 1.807) is 0 Å². The molecule has 0 aliphatic heterocycles. The van der Waals surface area contributed by atoms with Crippen LogP contribution in [0.15, 0.2) is 170 Å². The van der Waals surface area contributed by atoms with E-state index < -0.39 is 0 Å². The van der Waals surface area contributed by atoms with Gasteiger partial charge in [-0.2, -0.15) is 0 Å². The summed E-state index contributed by atoms with van der Waals surface area (Å²) in [5.74, 6) is 0.787. The van der Waals surface area contributed by atoms with Gasteiger partial charge in [-0.1, -0.05) is 147 Å². The van der Waals surface area contributed by atoms with E-state index in [-0.39, 0.29) is 0 Å². The fraction of sp³-hybridized carbons (Fsp3) is 0.167. The summed E-state index contributed by atoms with van der Waals surface area (Å²) in [6.45, 7) is 17.8. The SMILES string of the molecule is Cc1ccc(N(c2ccc(C)cc2)c2ccc3c(c2)c2cc(C(C)C)ccc2c2c4ccc(N(c5ccc(C)cc5)c5ccc(C)cc5)cc4c4cc(C(C)C)ccc4c32)cc1. The maximum atomic E-state index is 2.47. The van der Waals surface area contributed by atoms with Gasteiger partial charge in [-0.25, -0.2) is 0 Å². The quantitative estimate of drug-likeness (QED) is 0.141. The number of benzene rings is 10. The largest absolute Gasteiger partial charge is 0.310 e. The molecular formula is C60H54N2. The van der Waals surface area contributed by atoms with Gasteiger partial charge in [0.15, 0.2) is 0 Å². The highest BCUT2D eigenvalue weighted by atomic mass is 15.1. The Bertz CT molecular complexity index is 2980. The van der Waals surface area contributed by atoms with Crippen molar-refractivity contribution in [3.8, 4) is 0 Å². The van der Waals surface area contributed by atoms with E-state index in [2.05, 4.69) is 235 Å². The van der Waals surface area contributed by atoms with Gasteiger partial charge in [0.2, 0.25) is 0 Å². The first kappa shape index (κ1) is 39.2. The Morgan fingerprint density at radius 2 is 0.500 bits per heavy atom. The lowest BCUT2D eigenvalue weighted by molar-refractivity contribution is 0.869. The molecule has 304 valence electrons. The number of fused-ring (bicyclic) bond motifs is 11. The van der Waals surface area contributed by atoms with E-state index in [0.29, 0.717) is 11.8 Å². The zero-order chi connectivity index (χ0) is 42.8. The molecule has 62 heavy (non-hydrogen) atoms. The molecule has 10 rings (SSSR count). The Labute approximate surface area is 366 Å². The van der Waals surface area contributed by atoms with Crippen molar-refractivity contribution in [2.24, 2.45) is 0 Å². The van der Waals surface area contributed by atoms with Crippen molar-refractivity contribution in [3.63, 3.8) is 0 Å². The first-order chi connectivity index (χ1) is 30.0. The van der Waals surface area contributed by atoms with Crippen molar-refractivity contribution < 1.29 is 0 Å². The van der Waals surface area contributed by atoms with Crippen molar-refractivity contribution in [1.29, 1.82) is 0 Å². The molecule has 0 N–H and O–H groups in total. The van der Waals surface area contributed by atoms with E-state index in [4.69, 9.17) is 0 Å². The van der Waals surface area contributed by atoms with E-state index in [1.807, 2.05) is 0 Å². The predicted octanol–water partition coefficient (Wildman–Crippen LogP) is 17.9. The van der Waals surface area contributed by atoms with Crippen LogP contribution < -0.4 is 9.80 Å². The van der Waals surface area contributed by atoms with Gasteiger partial charge in [-0.05, 0) is 177 Å². The van der Waals surface area contributed by atoms with Gasteiger partial charge < -0.3 is 9.80 Å². The van der Waals surface area contributed by atoms with Crippen LogP contribution in [0.3, 0.4) is 0 Å². The lowest BCUT2D eigenvalue weighted by Crippen LogP contribution is -2.10. The molecule has 0 saturated carbocycles. The molecule has 0 amide bonds. The molecule has 0 fully saturated rings. The summed E-state index contributed by atoms with van der Waals surface area (Å²) >= 11 is 0. The van der Waals surface area contributed by atoms with Gasteiger partial charge in [0.05, 0.1) is 0 Å². The molecule has 0 bridgehead atoms. The second-order valence-electron chi connectivity index (χ2n) is 18.1. The summed E-state index contributed by atoms with van der Waals surface area (Å²) in [6.07, 6.45) is 0. The Hall–Kier alpha value is -6.90. The topological polar surface area (TPSA) is 6.48 Å². The van der Waals surface area contributed by atoms with Crippen LogP contribution in [-0.2, 0) is 0 Å². The maximum Gasteiger partial charge on any atom is 0.0468 e. The average Bonchev–Trinajstić information content (AvgIpc) is 3.28. The van der Waals surface area contributed by atoms with Crippen LogP contribution in [0.4, 0.5) is 34.1 Å². The summed E-state index contributed by atoms with van der Waals surface area (Å²) in [7, 11) is 0. The van der Waals surface area contributed by atoms with Crippen LogP contribution in [-0.4, -0.2) is 0 Å². The van der Waals surface area contributed by atoms with Crippen molar-refractivity contribution in [2.45, 2.75) is 67.2 Å². The zero-order valence-electron chi connectivity index (χ0n) is 37.2. The van der Waals surface area contributed by atoms with Gasteiger partial charge in [-0.3, -0.25) is 0 Å². The molecule has 0 aliphatic carbocycles. The van der Waals surface area contributed by atoms with Crippen molar-refractivity contribution in [1.82, 2.24) is 0 Å². The fourth-order valence-corrected chi connectivity index (χ4v) is 9.45. The molecule has 0 spiro atoms. The lowest BCUT2D eigenvalue weighted by atomic mass is 9.85.